The molecule has 0 radical (unpaired) electrons. The highest BCUT2D eigenvalue weighted by molar-refractivity contribution is 8.18. The normalized spacial score (nSPS) is 15.4. The van der Waals surface area contributed by atoms with Crippen LogP contribution in [0.1, 0.15) is 15.9 Å². The van der Waals surface area contributed by atoms with Crippen molar-refractivity contribution in [1.29, 1.82) is 0 Å². The van der Waals surface area contributed by atoms with Gasteiger partial charge in [-0.1, -0.05) is 41.4 Å². The summed E-state index contributed by atoms with van der Waals surface area (Å²) in [6.07, 6.45) is 1.51. The molecule has 2 aromatic carbocycles. The SMILES string of the molecule is O=C1NC(=O)C(=Cc2ccccc2C(=O)Nc2ccc(Cl)c(Cl)c2)S1. The molecule has 2 N–H and O–H groups in total. The molecule has 0 atom stereocenters. The molecule has 1 aliphatic heterocycles. The second-order valence-corrected chi connectivity index (χ2v) is 6.85. The van der Waals surface area contributed by atoms with Crippen LogP contribution < -0.4 is 10.6 Å². The fraction of sp³-hybridized carbons (Fsp3) is 0. The standard InChI is InChI=1S/C17H10Cl2N2O3S/c18-12-6-5-10(8-13(12)19)20-15(22)11-4-2-1-3-9(11)7-14-16(23)21-17(24)25-14/h1-8H,(H,20,22)(H,21,23,24). The number of benzene rings is 2. The van der Waals surface area contributed by atoms with Gasteiger partial charge in [0, 0.05) is 11.3 Å². The highest BCUT2D eigenvalue weighted by Gasteiger charge is 2.25. The van der Waals surface area contributed by atoms with E-state index in [2.05, 4.69) is 10.6 Å². The van der Waals surface area contributed by atoms with E-state index in [4.69, 9.17) is 23.2 Å². The molecular formula is C17H10Cl2N2O3S. The van der Waals surface area contributed by atoms with Crippen molar-refractivity contribution in [2.75, 3.05) is 5.32 Å². The molecule has 0 bridgehead atoms. The van der Waals surface area contributed by atoms with E-state index < -0.39 is 11.1 Å². The Labute approximate surface area is 157 Å². The molecular weight excluding hydrogens is 383 g/mol. The Balaban J connectivity index is 1.88. The number of halogens is 2. The van der Waals surface area contributed by atoms with E-state index >= 15 is 0 Å². The maximum Gasteiger partial charge on any atom is 0.290 e. The zero-order valence-corrected chi connectivity index (χ0v) is 14.8. The van der Waals surface area contributed by atoms with Crippen molar-refractivity contribution in [3.63, 3.8) is 0 Å². The van der Waals surface area contributed by atoms with Crippen molar-refractivity contribution in [2.24, 2.45) is 0 Å². The van der Waals surface area contributed by atoms with Crippen molar-refractivity contribution in [1.82, 2.24) is 5.32 Å². The maximum absolute atomic E-state index is 12.6. The summed E-state index contributed by atoms with van der Waals surface area (Å²) < 4.78 is 0. The molecule has 126 valence electrons. The van der Waals surface area contributed by atoms with Crippen LogP contribution in [0.25, 0.3) is 6.08 Å². The van der Waals surface area contributed by atoms with E-state index in [9.17, 15) is 14.4 Å². The number of carbonyl (C=O) groups is 3. The number of rotatable bonds is 3. The monoisotopic (exact) mass is 392 g/mol. The smallest absolute Gasteiger partial charge is 0.290 e. The molecule has 0 unspecified atom stereocenters. The Morgan fingerprint density at radius 1 is 1.08 bits per heavy atom. The third-order valence-corrected chi connectivity index (χ3v) is 4.86. The highest BCUT2D eigenvalue weighted by atomic mass is 35.5. The Bertz CT molecular complexity index is 928. The van der Waals surface area contributed by atoms with Crippen LogP contribution in [0.15, 0.2) is 47.4 Å². The largest absolute Gasteiger partial charge is 0.322 e. The van der Waals surface area contributed by atoms with Crippen LogP contribution >= 0.6 is 35.0 Å². The lowest BCUT2D eigenvalue weighted by atomic mass is 10.1. The predicted molar refractivity (Wildman–Crippen MR) is 100.0 cm³/mol. The quantitative estimate of drug-likeness (QED) is 0.750. The van der Waals surface area contributed by atoms with Crippen molar-refractivity contribution in [3.05, 3.63) is 68.5 Å². The Morgan fingerprint density at radius 3 is 2.52 bits per heavy atom. The van der Waals surface area contributed by atoms with Gasteiger partial charge in [0.2, 0.25) is 0 Å². The summed E-state index contributed by atoms with van der Waals surface area (Å²) in [6.45, 7) is 0. The summed E-state index contributed by atoms with van der Waals surface area (Å²) >= 11 is 12.6. The van der Waals surface area contributed by atoms with Gasteiger partial charge < -0.3 is 5.32 Å². The fourth-order valence-electron chi connectivity index (χ4n) is 2.16. The van der Waals surface area contributed by atoms with Crippen molar-refractivity contribution in [2.45, 2.75) is 0 Å². The van der Waals surface area contributed by atoms with Crippen molar-refractivity contribution >= 4 is 63.8 Å². The van der Waals surface area contributed by atoms with Gasteiger partial charge in [-0.15, -0.1) is 0 Å². The van der Waals surface area contributed by atoms with Crippen LogP contribution in [0.4, 0.5) is 10.5 Å². The number of amides is 3. The van der Waals surface area contributed by atoms with Crippen LogP contribution in [0, 0.1) is 0 Å². The van der Waals surface area contributed by atoms with Gasteiger partial charge in [-0.3, -0.25) is 19.7 Å². The fourth-order valence-corrected chi connectivity index (χ4v) is 3.14. The molecule has 1 fully saturated rings. The number of thioether (sulfide) groups is 1. The van der Waals surface area contributed by atoms with E-state index in [1.165, 1.54) is 6.08 Å². The van der Waals surface area contributed by atoms with Gasteiger partial charge in [0.1, 0.15) is 0 Å². The highest BCUT2D eigenvalue weighted by Crippen LogP contribution is 2.28. The van der Waals surface area contributed by atoms with Gasteiger partial charge in [-0.05, 0) is 47.7 Å². The zero-order chi connectivity index (χ0) is 18.0. The number of anilines is 1. The van der Waals surface area contributed by atoms with Crippen molar-refractivity contribution in [3.8, 4) is 0 Å². The summed E-state index contributed by atoms with van der Waals surface area (Å²) in [5.41, 5.74) is 1.37. The Hall–Kier alpha value is -2.28. The molecule has 0 aliphatic carbocycles. The maximum atomic E-state index is 12.6. The third kappa shape index (κ3) is 4.04. The molecule has 1 heterocycles. The molecule has 0 aromatic heterocycles. The first kappa shape index (κ1) is 17.5. The lowest BCUT2D eigenvalue weighted by molar-refractivity contribution is -0.115. The minimum absolute atomic E-state index is 0.236. The number of hydrogen-bond acceptors (Lipinski definition) is 4. The summed E-state index contributed by atoms with van der Waals surface area (Å²) in [7, 11) is 0. The zero-order valence-electron chi connectivity index (χ0n) is 12.5. The Kier molecular flexibility index (Phi) is 5.13. The van der Waals surface area contributed by atoms with Crippen LogP contribution in [0.3, 0.4) is 0 Å². The molecule has 3 amide bonds. The predicted octanol–water partition coefficient (Wildman–Crippen LogP) is 4.57. The average molecular weight is 393 g/mol. The minimum Gasteiger partial charge on any atom is -0.322 e. The van der Waals surface area contributed by atoms with E-state index in [-0.39, 0.29) is 10.8 Å². The molecule has 25 heavy (non-hydrogen) atoms. The molecule has 1 aliphatic rings. The number of nitrogens with one attached hydrogen (secondary N) is 2. The van der Waals surface area contributed by atoms with Gasteiger partial charge >= 0.3 is 0 Å². The Morgan fingerprint density at radius 2 is 1.84 bits per heavy atom. The van der Waals surface area contributed by atoms with Gasteiger partial charge in [-0.25, -0.2) is 0 Å². The van der Waals surface area contributed by atoms with Crippen LogP contribution in [0.5, 0.6) is 0 Å². The second-order valence-electron chi connectivity index (χ2n) is 5.02. The third-order valence-electron chi connectivity index (χ3n) is 3.31. The van der Waals surface area contributed by atoms with Gasteiger partial charge in [0.15, 0.2) is 0 Å². The lowest BCUT2D eigenvalue weighted by Crippen LogP contribution is -2.18. The van der Waals surface area contributed by atoms with E-state index in [1.54, 1.807) is 42.5 Å². The number of imide groups is 1. The van der Waals surface area contributed by atoms with E-state index in [0.717, 1.165) is 11.8 Å². The summed E-state index contributed by atoms with van der Waals surface area (Å²) in [4.78, 5) is 35.7. The first-order chi connectivity index (χ1) is 11.9. The number of hydrogen-bond donors (Lipinski definition) is 2. The molecule has 2 aromatic rings. The molecule has 3 rings (SSSR count). The summed E-state index contributed by atoms with van der Waals surface area (Å²) in [5.74, 6) is -0.852. The summed E-state index contributed by atoms with van der Waals surface area (Å²) in [5, 5.41) is 5.18. The molecule has 8 heteroatoms. The molecule has 0 saturated carbocycles. The van der Waals surface area contributed by atoms with E-state index in [1.807, 2.05) is 0 Å². The topological polar surface area (TPSA) is 75.3 Å². The van der Waals surface area contributed by atoms with E-state index in [0.29, 0.717) is 26.9 Å². The average Bonchev–Trinajstić information content (AvgIpc) is 2.89. The van der Waals surface area contributed by atoms with Crippen molar-refractivity contribution < 1.29 is 14.4 Å². The first-order valence-corrected chi connectivity index (χ1v) is 8.61. The van der Waals surface area contributed by atoms with Gasteiger partial charge in [0.25, 0.3) is 17.1 Å². The van der Waals surface area contributed by atoms with Gasteiger partial charge in [-0.2, -0.15) is 0 Å². The summed E-state index contributed by atoms with van der Waals surface area (Å²) in [6, 6.07) is 11.5. The number of carbonyl (C=O) groups excluding carboxylic acids is 3. The van der Waals surface area contributed by atoms with Crippen LogP contribution in [-0.2, 0) is 4.79 Å². The van der Waals surface area contributed by atoms with Crippen LogP contribution in [0.2, 0.25) is 10.0 Å². The molecule has 5 nitrogen and oxygen atoms in total. The molecule has 1 saturated heterocycles. The van der Waals surface area contributed by atoms with Crippen LogP contribution in [-0.4, -0.2) is 17.1 Å². The lowest BCUT2D eigenvalue weighted by Gasteiger charge is -2.09. The first-order valence-electron chi connectivity index (χ1n) is 7.04. The second kappa shape index (κ2) is 7.31. The van der Waals surface area contributed by atoms with Gasteiger partial charge in [0.05, 0.1) is 15.0 Å². The molecule has 0 spiro atoms. The minimum atomic E-state index is -0.477.